The van der Waals surface area contributed by atoms with Crippen LogP contribution in [0.15, 0.2) is 73.1 Å². The number of fused-ring (bicyclic) bond motifs is 2. The summed E-state index contributed by atoms with van der Waals surface area (Å²) in [4.78, 5) is 47.8. The molecule has 0 fully saturated rings. The number of rotatable bonds is 4. The van der Waals surface area contributed by atoms with Gasteiger partial charge in [0, 0.05) is 45.7 Å². The zero-order valence-electron chi connectivity index (χ0n) is 18.7. The first-order valence-corrected chi connectivity index (χ1v) is 11.0. The van der Waals surface area contributed by atoms with Gasteiger partial charge >= 0.3 is 0 Å². The van der Waals surface area contributed by atoms with Gasteiger partial charge in [0.05, 0.1) is 6.04 Å². The lowest BCUT2D eigenvalue weighted by atomic mass is 9.95. The highest BCUT2D eigenvalue weighted by Gasteiger charge is 2.43. The second kappa shape index (κ2) is 8.47. The van der Waals surface area contributed by atoms with Gasteiger partial charge in [-0.05, 0) is 43.7 Å². The molecule has 3 amide bonds. The highest BCUT2D eigenvalue weighted by atomic mass is 16.2. The molecular weight excluding hydrogens is 430 g/mol. The molecule has 0 saturated carbocycles. The molecule has 8 heteroatoms. The molecule has 3 heterocycles. The zero-order chi connectivity index (χ0) is 23.8. The van der Waals surface area contributed by atoms with Crippen molar-refractivity contribution in [2.45, 2.75) is 25.9 Å². The lowest BCUT2D eigenvalue weighted by Crippen LogP contribution is -2.52. The van der Waals surface area contributed by atoms with Crippen LogP contribution in [0, 0.1) is 6.92 Å². The molecule has 4 aromatic rings. The summed E-state index contributed by atoms with van der Waals surface area (Å²) in [5, 5.41) is 0.998. The van der Waals surface area contributed by atoms with Crippen LogP contribution in [0.4, 0.5) is 0 Å². The SMILES string of the molecule is Cc1[nH]c2ccccc2c1C1c2ccccc2C(=O)N1C(C)C(=O)NNC(=O)c1ccncc1. The Hall–Kier alpha value is -4.46. The number of benzene rings is 2. The molecule has 2 atom stereocenters. The van der Waals surface area contributed by atoms with E-state index in [-0.39, 0.29) is 5.91 Å². The van der Waals surface area contributed by atoms with Crippen molar-refractivity contribution < 1.29 is 14.4 Å². The third-order valence-electron chi connectivity index (χ3n) is 6.25. The summed E-state index contributed by atoms with van der Waals surface area (Å²) in [5.74, 6) is -1.19. The van der Waals surface area contributed by atoms with E-state index in [1.165, 1.54) is 12.4 Å². The van der Waals surface area contributed by atoms with Crippen LogP contribution < -0.4 is 10.9 Å². The van der Waals surface area contributed by atoms with Gasteiger partial charge in [-0.2, -0.15) is 0 Å². The number of aromatic amines is 1. The summed E-state index contributed by atoms with van der Waals surface area (Å²) < 4.78 is 0. The van der Waals surface area contributed by atoms with E-state index in [1.54, 1.807) is 30.0 Å². The number of pyridine rings is 1. The van der Waals surface area contributed by atoms with E-state index in [0.717, 1.165) is 27.7 Å². The van der Waals surface area contributed by atoms with Gasteiger partial charge in [-0.15, -0.1) is 0 Å². The molecule has 8 nitrogen and oxygen atoms in total. The number of amides is 3. The maximum absolute atomic E-state index is 13.5. The van der Waals surface area contributed by atoms with Crippen molar-refractivity contribution in [2.75, 3.05) is 0 Å². The maximum Gasteiger partial charge on any atom is 0.269 e. The minimum absolute atomic E-state index is 0.228. The fourth-order valence-corrected chi connectivity index (χ4v) is 4.61. The number of hydrazine groups is 1. The standard InChI is InChI=1S/C26H23N5O3/c1-15-22(20-9-5-6-10-21(20)28-15)23-18-7-3-4-8-19(18)26(34)31(23)16(2)24(32)29-30-25(33)17-11-13-27-14-12-17/h3-14,16,23,28H,1-2H3,(H,29,32)(H,30,33). The van der Waals surface area contributed by atoms with Crippen LogP contribution in [0.3, 0.4) is 0 Å². The molecule has 0 saturated heterocycles. The van der Waals surface area contributed by atoms with Crippen molar-refractivity contribution in [3.8, 4) is 0 Å². The molecule has 2 aromatic carbocycles. The zero-order valence-corrected chi connectivity index (χ0v) is 18.7. The van der Waals surface area contributed by atoms with E-state index in [9.17, 15) is 14.4 Å². The van der Waals surface area contributed by atoms with Crippen molar-refractivity contribution in [1.82, 2.24) is 25.7 Å². The summed E-state index contributed by atoms with van der Waals surface area (Å²) in [5.41, 5.74) is 9.51. The second-order valence-corrected chi connectivity index (χ2v) is 8.27. The van der Waals surface area contributed by atoms with Gasteiger partial charge < -0.3 is 9.88 Å². The monoisotopic (exact) mass is 453 g/mol. The van der Waals surface area contributed by atoms with Crippen LogP contribution in [0.25, 0.3) is 10.9 Å². The Balaban J connectivity index is 1.48. The maximum atomic E-state index is 13.5. The van der Waals surface area contributed by atoms with Crippen LogP contribution in [-0.4, -0.2) is 38.6 Å². The first-order valence-electron chi connectivity index (χ1n) is 11.0. The van der Waals surface area contributed by atoms with Crippen LogP contribution in [0.2, 0.25) is 0 Å². The van der Waals surface area contributed by atoms with Crippen molar-refractivity contribution >= 4 is 28.6 Å². The minimum atomic E-state index is -0.851. The molecule has 1 aliphatic heterocycles. The Bertz CT molecular complexity index is 1410. The van der Waals surface area contributed by atoms with E-state index < -0.39 is 23.9 Å². The van der Waals surface area contributed by atoms with Gasteiger partial charge in [0.25, 0.3) is 17.7 Å². The van der Waals surface area contributed by atoms with E-state index in [1.807, 2.05) is 49.4 Å². The lowest BCUT2D eigenvalue weighted by Gasteiger charge is -2.31. The predicted molar refractivity (Wildman–Crippen MR) is 127 cm³/mol. The average molecular weight is 454 g/mol. The van der Waals surface area contributed by atoms with Gasteiger partial charge in [-0.3, -0.25) is 30.2 Å². The third-order valence-corrected chi connectivity index (χ3v) is 6.25. The number of carbonyl (C=O) groups excluding carboxylic acids is 3. The number of aryl methyl sites for hydroxylation is 1. The van der Waals surface area contributed by atoms with E-state index >= 15 is 0 Å². The average Bonchev–Trinajstić information content (AvgIpc) is 3.35. The Kier molecular flexibility index (Phi) is 5.33. The van der Waals surface area contributed by atoms with Gasteiger partial charge in [0.1, 0.15) is 6.04 Å². The number of hydrogen-bond donors (Lipinski definition) is 3. The Morgan fingerprint density at radius 3 is 2.50 bits per heavy atom. The number of H-pyrrole nitrogens is 1. The van der Waals surface area contributed by atoms with Crippen LogP contribution in [0.5, 0.6) is 0 Å². The van der Waals surface area contributed by atoms with Crippen molar-refractivity contribution in [3.05, 3.63) is 101 Å². The first kappa shape index (κ1) is 21.4. The molecule has 0 bridgehead atoms. The Morgan fingerprint density at radius 2 is 1.71 bits per heavy atom. The summed E-state index contributed by atoms with van der Waals surface area (Å²) >= 11 is 0. The molecule has 0 radical (unpaired) electrons. The summed E-state index contributed by atoms with van der Waals surface area (Å²) in [7, 11) is 0. The van der Waals surface area contributed by atoms with Crippen molar-refractivity contribution in [2.24, 2.45) is 0 Å². The summed E-state index contributed by atoms with van der Waals surface area (Å²) in [6, 6.07) is 17.1. The lowest BCUT2D eigenvalue weighted by molar-refractivity contribution is -0.126. The summed E-state index contributed by atoms with van der Waals surface area (Å²) in [6.07, 6.45) is 2.99. The number of nitrogens with zero attached hydrogens (tertiary/aromatic N) is 2. The molecule has 1 aliphatic rings. The molecule has 34 heavy (non-hydrogen) atoms. The number of aromatic nitrogens is 2. The Morgan fingerprint density at radius 1 is 1.00 bits per heavy atom. The molecular formula is C26H23N5O3. The Labute approximate surface area is 196 Å². The van der Waals surface area contributed by atoms with Crippen LogP contribution >= 0.6 is 0 Å². The number of nitrogens with one attached hydrogen (secondary N) is 3. The van der Waals surface area contributed by atoms with Crippen molar-refractivity contribution in [3.63, 3.8) is 0 Å². The fourth-order valence-electron chi connectivity index (χ4n) is 4.61. The smallest absolute Gasteiger partial charge is 0.269 e. The molecule has 0 aliphatic carbocycles. The van der Waals surface area contributed by atoms with E-state index in [0.29, 0.717) is 11.1 Å². The predicted octanol–water partition coefficient (Wildman–Crippen LogP) is 3.27. The first-order chi connectivity index (χ1) is 16.5. The van der Waals surface area contributed by atoms with E-state index in [4.69, 9.17) is 0 Å². The highest BCUT2D eigenvalue weighted by molar-refractivity contribution is 6.04. The normalized spacial score (nSPS) is 15.8. The fraction of sp³-hybridized carbons (Fsp3) is 0.154. The molecule has 5 rings (SSSR count). The number of para-hydroxylation sites is 1. The third kappa shape index (κ3) is 3.49. The molecule has 2 aromatic heterocycles. The summed E-state index contributed by atoms with van der Waals surface area (Å²) in [6.45, 7) is 3.63. The minimum Gasteiger partial charge on any atom is -0.358 e. The van der Waals surface area contributed by atoms with Gasteiger partial charge in [0.2, 0.25) is 0 Å². The van der Waals surface area contributed by atoms with Crippen LogP contribution in [0.1, 0.15) is 50.5 Å². The highest BCUT2D eigenvalue weighted by Crippen LogP contribution is 2.43. The van der Waals surface area contributed by atoms with Gasteiger partial charge in [-0.1, -0.05) is 36.4 Å². The molecule has 170 valence electrons. The second-order valence-electron chi connectivity index (χ2n) is 8.27. The van der Waals surface area contributed by atoms with Gasteiger partial charge in [0.15, 0.2) is 0 Å². The quantitative estimate of drug-likeness (QED) is 0.412. The van der Waals surface area contributed by atoms with Crippen LogP contribution in [-0.2, 0) is 4.79 Å². The number of carbonyl (C=O) groups is 3. The number of hydrogen-bond acceptors (Lipinski definition) is 4. The molecule has 0 spiro atoms. The topological polar surface area (TPSA) is 107 Å². The molecule has 2 unspecified atom stereocenters. The van der Waals surface area contributed by atoms with E-state index in [2.05, 4.69) is 20.8 Å². The largest absolute Gasteiger partial charge is 0.358 e. The molecule has 3 N–H and O–H groups in total. The van der Waals surface area contributed by atoms with Crippen molar-refractivity contribution in [1.29, 1.82) is 0 Å². The van der Waals surface area contributed by atoms with Gasteiger partial charge in [-0.25, -0.2) is 0 Å².